The largest absolute Gasteiger partial charge is 0.481 e. The van der Waals surface area contributed by atoms with Gasteiger partial charge in [-0.1, -0.05) is 13.8 Å². The van der Waals surface area contributed by atoms with Crippen LogP contribution >= 0.6 is 0 Å². The second kappa shape index (κ2) is 6.03. The van der Waals surface area contributed by atoms with Crippen molar-refractivity contribution in [2.75, 3.05) is 13.6 Å². The molecule has 1 aliphatic rings. The van der Waals surface area contributed by atoms with E-state index in [1.807, 2.05) is 7.05 Å². The minimum Gasteiger partial charge on any atom is -0.481 e. The van der Waals surface area contributed by atoms with Crippen LogP contribution in [-0.4, -0.2) is 35.5 Å². The Balaban J connectivity index is 2.40. The zero-order valence-electron chi connectivity index (χ0n) is 11.0. The third kappa shape index (κ3) is 4.02. The lowest BCUT2D eigenvalue weighted by atomic mass is 10.0. The highest BCUT2D eigenvalue weighted by molar-refractivity contribution is 5.80. The fraction of sp³-hybridized carbons (Fsp3) is 0.846. The van der Waals surface area contributed by atoms with Crippen LogP contribution in [0.2, 0.25) is 0 Å². The Bertz CT molecular complexity index is 288. The van der Waals surface area contributed by atoms with Crippen LogP contribution in [-0.2, 0) is 9.59 Å². The lowest BCUT2D eigenvalue weighted by Crippen LogP contribution is -2.33. The van der Waals surface area contributed by atoms with Gasteiger partial charge in [-0.2, -0.15) is 0 Å². The lowest BCUT2D eigenvalue weighted by molar-refractivity contribution is -0.141. The number of aliphatic carboxylic acids is 1. The third-order valence-electron chi connectivity index (χ3n) is 3.55. The summed E-state index contributed by atoms with van der Waals surface area (Å²) in [6.07, 6.45) is 2.88. The molecule has 1 saturated carbocycles. The number of carboxylic acid groups (broad SMARTS) is 1. The SMILES string of the molecule is CC(C)CCN(C)C(=O)C1CCC(C(=O)O)C1. The van der Waals surface area contributed by atoms with Crippen molar-refractivity contribution in [3.05, 3.63) is 0 Å². The van der Waals surface area contributed by atoms with Gasteiger partial charge in [0.05, 0.1) is 5.92 Å². The van der Waals surface area contributed by atoms with Crippen molar-refractivity contribution in [3.63, 3.8) is 0 Å². The van der Waals surface area contributed by atoms with Crippen molar-refractivity contribution in [1.82, 2.24) is 4.90 Å². The Morgan fingerprint density at radius 1 is 1.29 bits per heavy atom. The maximum Gasteiger partial charge on any atom is 0.306 e. The van der Waals surface area contributed by atoms with Gasteiger partial charge in [0.25, 0.3) is 0 Å². The van der Waals surface area contributed by atoms with Gasteiger partial charge in [0, 0.05) is 19.5 Å². The number of carbonyl (C=O) groups excluding carboxylic acids is 1. The summed E-state index contributed by atoms with van der Waals surface area (Å²) in [5, 5.41) is 8.90. The molecule has 0 heterocycles. The van der Waals surface area contributed by atoms with Crippen LogP contribution in [0.5, 0.6) is 0 Å². The van der Waals surface area contributed by atoms with E-state index in [0.717, 1.165) is 19.4 Å². The molecule has 98 valence electrons. The quantitative estimate of drug-likeness (QED) is 0.800. The lowest BCUT2D eigenvalue weighted by Gasteiger charge is -2.21. The Morgan fingerprint density at radius 2 is 1.88 bits per heavy atom. The van der Waals surface area contributed by atoms with E-state index in [1.165, 1.54) is 0 Å². The van der Waals surface area contributed by atoms with Crippen molar-refractivity contribution in [1.29, 1.82) is 0 Å². The standard InChI is InChI=1S/C13H23NO3/c1-9(2)6-7-14(3)12(15)10-4-5-11(8-10)13(16)17/h9-11H,4-8H2,1-3H3,(H,16,17). The zero-order chi connectivity index (χ0) is 13.0. The molecule has 0 aliphatic heterocycles. The number of hydrogen-bond acceptors (Lipinski definition) is 2. The third-order valence-corrected chi connectivity index (χ3v) is 3.55. The first-order chi connectivity index (χ1) is 7.91. The number of rotatable bonds is 5. The van der Waals surface area contributed by atoms with Gasteiger partial charge in [0.2, 0.25) is 5.91 Å². The van der Waals surface area contributed by atoms with Crippen molar-refractivity contribution >= 4 is 11.9 Å². The predicted octanol–water partition coefficient (Wildman–Crippen LogP) is 1.99. The fourth-order valence-corrected chi connectivity index (χ4v) is 2.30. The summed E-state index contributed by atoms with van der Waals surface area (Å²) in [5.74, 6) is -0.448. The van der Waals surface area contributed by atoms with E-state index in [4.69, 9.17) is 5.11 Å². The van der Waals surface area contributed by atoms with Gasteiger partial charge < -0.3 is 10.0 Å². The number of hydrogen-bond donors (Lipinski definition) is 1. The molecule has 1 rings (SSSR count). The van der Waals surface area contributed by atoms with Crippen LogP contribution in [0.1, 0.15) is 39.5 Å². The highest BCUT2D eigenvalue weighted by Gasteiger charge is 2.34. The molecule has 0 aromatic carbocycles. The van der Waals surface area contributed by atoms with E-state index >= 15 is 0 Å². The summed E-state index contributed by atoms with van der Waals surface area (Å²) in [6.45, 7) is 5.04. The van der Waals surface area contributed by atoms with E-state index in [0.29, 0.717) is 18.8 Å². The molecule has 17 heavy (non-hydrogen) atoms. The molecule has 0 bridgehead atoms. The van der Waals surface area contributed by atoms with Crippen molar-refractivity contribution in [2.24, 2.45) is 17.8 Å². The van der Waals surface area contributed by atoms with Gasteiger partial charge in [-0.15, -0.1) is 0 Å². The molecule has 0 radical (unpaired) electrons. The van der Waals surface area contributed by atoms with Gasteiger partial charge in [-0.3, -0.25) is 9.59 Å². The highest BCUT2D eigenvalue weighted by Crippen LogP contribution is 2.32. The van der Waals surface area contributed by atoms with E-state index < -0.39 is 5.97 Å². The molecule has 2 atom stereocenters. The van der Waals surface area contributed by atoms with Gasteiger partial charge in [-0.05, 0) is 31.6 Å². The summed E-state index contributed by atoms with van der Waals surface area (Å²) >= 11 is 0. The number of nitrogens with zero attached hydrogens (tertiary/aromatic N) is 1. The predicted molar refractivity (Wildman–Crippen MR) is 65.6 cm³/mol. The van der Waals surface area contributed by atoms with Crippen LogP contribution < -0.4 is 0 Å². The molecule has 2 unspecified atom stereocenters. The van der Waals surface area contributed by atoms with Crippen LogP contribution in [0.25, 0.3) is 0 Å². The van der Waals surface area contributed by atoms with Crippen LogP contribution in [0.15, 0.2) is 0 Å². The van der Waals surface area contributed by atoms with E-state index in [9.17, 15) is 9.59 Å². The highest BCUT2D eigenvalue weighted by atomic mass is 16.4. The molecule has 1 amide bonds. The van der Waals surface area contributed by atoms with Gasteiger partial charge in [-0.25, -0.2) is 0 Å². The molecule has 0 aromatic rings. The number of carboxylic acids is 1. The molecule has 1 aliphatic carbocycles. The first kappa shape index (κ1) is 14.0. The number of amides is 1. The van der Waals surface area contributed by atoms with Gasteiger partial charge >= 0.3 is 5.97 Å². The maximum absolute atomic E-state index is 12.1. The molecule has 0 spiro atoms. The molecule has 4 heteroatoms. The van der Waals surface area contributed by atoms with E-state index in [1.54, 1.807) is 4.90 Å². The Hall–Kier alpha value is -1.06. The second-order valence-corrected chi connectivity index (χ2v) is 5.49. The minimum absolute atomic E-state index is 0.0757. The molecular formula is C13H23NO3. The Morgan fingerprint density at radius 3 is 2.35 bits per heavy atom. The first-order valence-electron chi connectivity index (χ1n) is 6.39. The van der Waals surface area contributed by atoms with Crippen LogP contribution in [0.3, 0.4) is 0 Å². The normalized spacial score (nSPS) is 24.0. The summed E-state index contributed by atoms with van der Waals surface area (Å²) in [6, 6.07) is 0. The van der Waals surface area contributed by atoms with Gasteiger partial charge in [0.15, 0.2) is 0 Å². The monoisotopic (exact) mass is 241 g/mol. The summed E-state index contributed by atoms with van der Waals surface area (Å²) in [7, 11) is 1.82. The second-order valence-electron chi connectivity index (χ2n) is 5.49. The van der Waals surface area contributed by atoms with Crippen LogP contribution in [0.4, 0.5) is 0 Å². The van der Waals surface area contributed by atoms with Crippen molar-refractivity contribution in [3.8, 4) is 0 Å². The summed E-state index contributed by atoms with van der Waals surface area (Å²) in [4.78, 5) is 24.6. The molecule has 0 saturated heterocycles. The molecule has 4 nitrogen and oxygen atoms in total. The van der Waals surface area contributed by atoms with Crippen molar-refractivity contribution in [2.45, 2.75) is 39.5 Å². The maximum atomic E-state index is 12.1. The topological polar surface area (TPSA) is 57.6 Å². The zero-order valence-corrected chi connectivity index (χ0v) is 11.0. The van der Waals surface area contributed by atoms with E-state index in [-0.39, 0.29) is 17.7 Å². The van der Waals surface area contributed by atoms with E-state index in [2.05, 4.69) is 13.8 Å². The van der Waals surface area contributed by atoms with Gasteiger partial charge in [0.1, 0.15) is 0 Å². The molecule has 0 aromatic heterocycles. The molecular weight excluding hydrogens is 218 g/mol. The summed E-state index contributed by atoms with van der Waals surface area (Å²) < 4.78 is 0. The average Bonchev–Trinajstić information content (AvgIpc) is 2.73. The summed E-state index contributed by atoms with van der Waals surface area (Å²) in [5.41, 5.74) is 0. The van der Waals surface area contributed by atoms with Crippen LogP contribution in [0, 0.1) is 17.8 Å². The molecule has 1 N–H and O–H groups in total. The van der Waals surface area contributed by atoms with Crippen molar-refractivity contribution < 1.29 is 14.7 Å². The Labute approximate surface area is 103 Å². The average molecular weight is 241 g/mol. The first-order valence-corrected chi connectivity index (χ1v) is 6.39. The minimum atomic E-state index is -0.759. The molecule has 1 fully saturated rings. The fourth-order valence-electron chi connectivity index (χ4n) is 2.30. The Kier molecular flexibility index (Phi) is 4.97. The smallest absolute Gasteiger partial charge is 0.306 e. The number of carbonyl (C=O) groups is 2.